The number of aliphatic carboxylic acids is 1. The number of nitrogens with one attached hydrogen (secondary N) is 1. The van der Waals surface area contributed by atoms with E-state index in [1.165, 1.54) is 6.92 Å². The van der Waals surface area contributed by atoms with Crippen LogP contribution in [0.25, 0.3) is 0 Å². The Balaban J connectivity index is 2.50. The van der Waals surface area contributed by atoms with Crippen LogP contribution in [-0.2, 0) is 9.59 Å². The minimum absolute atomic E-state index is 0.00683. The van der Waals surface area contributed by atoms with Gasteiger partial charge in [-0.15, -0.1) is 0 Å². The van der Waals surface area contributed by atoms with Crippen LogP contribution in [0.5, 0.6) is 0 Å². The molecule has 0 saturated heterocycles. The maximum absolute atomic E-state index is 12.9. The number of carboxylic acids is 1. The summed E-state index contributed by atoms with van der Waals surface area (Å²) >= 11 is 0. The molecule has 0 bridgehead atoms. The van der Waals surface area contributed by atoms with E-state index < -0.39 is 35.8 Å². The van der Waals surface area contributed by atoms with E-state index in [0.29, 0.717) is 12.8 Å². The summed E-state index contributed by atoms with van der Waals surface area (Å²) in [6.45, 7) is 1.58. The lowest BCUT2D eigenvalue weighted by atomic mass is 9.78. The van der Waals surface area contributed by atoms with Gasteiger partial charge in [0.25, 0.3) is 0 Å². The summed E-state index contributed by atoms with van der Waals surface area (Å²) in [6.07, 6.45) is -2.79. The number of carbonyl (C=O) groups excluding carboxylic acids is 1. The first-order valence-corrected chi connectivity index (χ1v) is 6.80. The van der Waals surface area contributed by atoms with Gasteiger partial charge < -0.3 is 10.4 Å². The van der Waals surface area contributed by atoms with Crippen LogP contribution >= 0.6 is 0 Å². The van der Waals surface area contributed by atoms with Crippen LogP contribution in [0, 0.1) is 17.8 Å². The molecule has 7 heteroatoms. The van der Waals surface area contributed by atoms with Gasteiger partial charge in [0, 0.05) is 12.5 Å². The van der Waals surface area contributed by atoms with Crippen LogP contribution in [-0.4, -0.2) is 29.7 Å². The zero-order valence-electron chi connectivity index (χ0n) is 11.4. The normalized spacial score (nSPS) is 25.0. The van der Waals surface area contributed by atoms with E-state index in [9.17, 15) is 22.8 Å². The van der Waals surface area contributed by atoms with Crippen molar-refractivity contribution in [3.8, 4) is 0 Å². The van der Waals surface area contributed by atoms with Crippen LogP contribution in [0.3, 0.4) is 0 Å². The van der Waals surface area contributed by atoms with Crippen LogP contribution in [0.4, 0.5) is 13.2 Å². The van der Waals surface area contributed by atoms with Crippen molar-refractivity contribution in [2.24, 2.45) is 17.8 Å². The Morgan fingerprint density at radius 2 is 1.90 bits per heavy atom. The van der Waals surface area contributed by atoms with Gasteiger partial charge in [-0.25, -0.2) is 0 Å². The van der Waals surface area contributed by atoms with E-state index in [-0.39, 0.29) is 25.8 Å². The van der Waals surface area contributed by atoms with Crippen molar-refractivity contribution in [2.45, 2.75) is 45.2 Å². The monoisotopic (exact) mass is 295 g/mol. The van der Waals surface area contributed by atoms with E-state index in [4.69, 9.17) is 5.11 Å². The van der Waals surface area contributed by atoms with E-state index in [1.54, 1.807) is 0 Å². The molecule has 3 atom stereocenters. The van der Waals surface area contributed by atoms with E-state index in [2.05, 4.69) is 5.32 Å². The maximum Gasteiger partial charge on any atom is 0.392 e. The number of hydrogen-bond acceptors (Lipinski definition) is 2. The van der Waals surface area contributed by atoms with Crippen LogP contribution in [0.1, 0.15) is 39.0 Å². The molecule has 116 valence electrons. The lowest BCUT2D eigenvalue weighted by molar-refractivity contribution is -0.198. The molecule has 3 unspecified atom stereocenters. The highest BCUT2D eigenvalue weighted by atomic mass is 19.4. The van der Waals surface area contributed by atoms with Crippen LogP contribution in [0.15, 0.2) is 0 Å². The average Bonchev–Trinajstić information content (AvgIpc) is 2.37. The van der Waals surface area contributed by atoms with E-state index >= 15 is 0 Å². The van der Waals surface area contributed by atoms with Crippen molar-refractivity contribution in [1.82, 2.24) is 5.32 Å². The SMILES string of the molecule is CC(CCNC(=O)C1CCCCC1C(F)(F)F)C(=O)O. The third-order valence-corrected chi connectivity index (χ3v) is 3.82. The topological polar surface area (TPSA) is 66.4 Å². The summed E-state index contributed by atoms with van der Waals surface area (Å²) in [5.41, 5.74) is 0. The molecule has 0 aromatic rings. The smallest absolute Gasteiger partial charge is 0.392 e. The predicted molar refractivity (Wildman–Crippen MR) is 65.9 cm³/mol. The summed E-state index contributed by atoms with van der Waals surface area (Å²) in [6, 6.07) is 0. The Hall–Kier alpha value is -1.27. The van der Waals surface area contributed by atoms with Crippen LogP contribution < -0.4 is 5.32 Å². The van der Waals surface area contributed by atoms with E-state index in [0.717, 1.165) is 0 Å². The molecule has 4 nitrogen and oxygen atoms in total. The lowest BCUT2D eigenvalue weighted by Gasteiger charge is -2.32. The predicted octanol–water partition coefficient (Wildman–Crippen LogP) is 2.58. The van der Waals surface area contributed by atoms with Gasteiger partial charge in [0.2, 0.25) is 5.91 Å². The van der Waals surface area contributed by atoms with E-state index in [1.807, 2.05) is 0 Å². The molecule has 1 rings (SSSR count). The minimum Gasteiger partial charge on any atom is -0.481 e. The second-order valence-electron chi connectivity index (χ2n) is 5.36. The van der Waals surface area contributed by atoms with Crippen molar-refractivity contribution in [3.05, 3.63) is 0 Å². The summed E-state index contributed by atoms with van der Waals surface area (Å²) in [7, 11) is 0. The summed E-state index contributed by atoms with van der Waals surface area (Å²) in [5.74, 6) is -4.83. The van der Waals surface area contributed by atoms with Crippen molar-refractivity contribution < 1.29 is 27.9 Å². The van der Waals surface area contributed by atoms with Crippen molar-refractivity contribution in [2.75, 3.05) is 6.54 Å². The lowest BCUT2D eigenvalue weighted by Crippen LogP contribution is -2.43. The Kier molecular flexibility index (Phi) is 5.83. The van der Waals surface area contributed by atoms with Gasteiger partial charge in [0.05, 0.1) is 11.8 Å². The van der Waals surface area contributed by atoms with Crippen molar-refractivity contribution >= 4 is 11.9 Å². The Bertz CT molecular complexity index is 357. The molecule has 1 aliphatic carbocycles. The second kappa shape index (κ2) is 6.95. The Morgan fingerprint density at radius 3 is 2.45 bits per heavy atom. The zero-order valence-corrected chi connectivity index (χ0v) is 11.4. The standard InChI is InChI=1S/C13H20F3NO3/c1-8(12(19)20)6-7-17-11(18)9-4-2-3-5-10(9)13(14,15)16/h8-10H,2-7H2,1H3,(H,17,18)(H,19,20). The molecule has 1 saturated carbocycles. The first-order valence-electron chi connectivity index (χ1n) is 6.80. The first kappa shape index (κ1) is 16.8. The third kappa shape index (κ3) is 4.68. The molecule has 1 fully saturated rings. The highest BCUT2D eigenvalue weighted by Crippen LogP contribution is 2.41. The highest BCUT2D eigenvalue weighted by Gasteiger charge is 2.47. The maximum atomic E-state index is 12.9. The molecule has 0 aromatic heterocycles. The van der Waals surface area contributed by atoms with Gasteiger partial charge in [-0.2, -0.15) is 13.2 Å². The highest BCUT2D eigenvalue weighted by molar-refractivity contribution is 5.79. The fourth-order valence-corrected chi connectivity index (χ4v) is 2.50. The molecule has 0 spiro atoms. The molecule has 1 amide bonds. The van der Waals surface area contributed by atoms with Gasteiger partial charge >= 0.3 is 12.1 Å². The fraction of sp³-hybridized carbons (Fsp3) is 0.846. The quantitative estimate of drug-likeness (QED) is 0.819. The molecular formula is C13H20F3NO3. The molecule has 0 aliphatic heterocycles. The van der Waals surface area contributed by atoms with Crippen molar-refractivity contribution in [1.29, 1.82) is 0 Å². The van der Waals surface area contributed by atoms with Gasteiger partial charge in [0.15, 0.2) is 0 Å². The Labute approximate surface area is 115 Å². The fourth-order valence-electron chi connectivity index (χ4n) is 2.50. The van der Waals surface area contributed by atoms with Crippen molar-refractivity contribution in [3.63, 3.8) is 0 Å². The third-order valence-electron chi connectivity index (χ3n) is 3.82. The molecule has 1 aliphatic rings. The Morgan fingerprint density at radius 1 is 1.30 bits per heavy atom. The van der Waals surface area contributed by atoms with Gasteiger partial charge in [-0.1, -0.05) is 19.8 Å². The zero-order chi connectivity index (χ0) is 15.3. The number of alkyl halides is 3. The second-order valence-corrected chi connectivity index (χ2v) is 5.36. The number of amides is 1. The first-order chi connectivity index (χ1) is 9.23. The summed E-state index contributed by atoms with van der Waals surface area (Å²) in [4.78, 5) is 22.4. The minimum atomic E-state index is -4.35. The number of halogens is 3. The number of hydrogen-bond donors (Lipinski definition) is 2. The average molecular weight is 295 g/mol. The molecule has 0 aromatic carbocycles. The summed E-state index contributed by atoms with van der Waals surface area (Å²) in [5, 5.41) is 11.1. The van der Waals surface area contributed by atoms with Crippen LogP contribution in [0.2, 0.25) is 0 Å². The largest absolute Gasteiger partial charge is 0.481 e. The molecular weight excluding hydrogens is 275 g/mol. The van der Waals surface area contributed by atoms with Gasteiger partial charge in [-0.3, -0.25) is 9.59 Å². The van der Waals surface area contributed by atoms with Gasteiger partial charge in [0.1, 0.15) is 0 Å². The molecule has 0 heterocycles. The molecule has 2 N–H and O–H groups in total. The number of rotatable bonds is 5. The van der Waals surface area contributed by atoms with Gasteiger partial charge in [-0.05, 0) is 19.3 Å². The number of carboxylic acid groups (broad SMARTS) is 1. The molecule has 20 heavy (non-hydrogen) atoms. The summed E-state index contributed by atoms with van der Waals surface area (Å²) < 4.78 is 38.6. The molecule has 0 radical (unpaired) electrons. The number of carbonyl (C=O) groups is 2.